The average Bonchev–Trinajstić information content (AvgIpc) is 3.19. The van der Waals surface area contributed by atoms with Gasteiger partial charge in [-0.25, -0.2) is 9.48 Å². The summed E-state index contributed by atoms with van der Waals surface area (Å²) in [5, 5.41) is 10.5. The second kappa shape index (κ2) is 10.4. The summed E-state index contributed by atoms with van der Waals surface area (Å²) in [6.45, 7) is 10.4. The highest BCUT2D eigenvalue weighted by molar-refractivity contribution is 5.97. The van der Waals surface area contributed by atoms with Crippen LogP contribution in [0.15, 0.2) is 54.6 Å². The Kier molecular flexibility index (Phi) is 7.61. The van der Waals surface area contributed by atoms with Crippen molar-refractivity contribution in [1.82, 2.24) is 14.7 Å². The highest BCUT2D eigenvalue weighted by Gasteiger charge is 2.23. The number of aromatic nitrogens is 2. The first kappa shape index (κ1) is 24.8. The number of aryl methyl sites for hydroxylation is 1. The van der Waals surface area contributed by atoms with Crippen LogP contribution >= 0.6 is 0 Å². The van der Waals surface area contributed by atoms with E-state index >= 15 is 0 Å². The van der Waals surface area contributed by atoms with Crippen molar-refractivity contribution in [3.05, 3.63) is 65.9 Å². The summed E-state index contributed by atoms with van der Waals surface area (Å²) in [5.74, 6) is 0.804. The van der Waals surface area contributed by atoms with E-state index in [2.05, 4.69) is 31.4 Å². The summed E-state index contributed by atoms with van der Waals surface area (Å²) in [7, 11) is 1.57. The van der Waals surface area contributed by atoms with Gasteiger partial charge in [0.05, 0.1) is 23.7 Å². The number of amides is 3. The first-order valence-electron chi connectivity index (χ1n) is 11.3. The van der Waals surface area contributed by atoms with E-state index in [0.717, 1.165) is 16.9 Å². The molecule has 0 radical (unpaired) electrons. The van der Waals surface area contributed by atoms with Crippen molar-refractivity contribution < 1.29 is 14.3 Å². The van der Waals surface area contributed by atoms with Gasteiger partial charge < -0.3 is 20.3 Å². The van der Waals surface area contributed by atoms with Gasteiger partial charge in [-0.1, -0.05) is 51.1 Å². The molecule has 8 heteroatoms. The Morgan fingerprint density at radius 2 is 1.74 bits per heavy atom. The van der Waals surface area contributed by atoms with Crippen LogP contribution in [0.4, 0.5) is 16.3 Å². The first-order valence-corrected chi connectivity index (χ1v) is 11.3. The molecule has 1 aromatic heterocycles. The van der Waals surface area contributed by atoms with Crippen LogP contribution in [0.2, 0.25) is 0 Å². The maximum atomic E-state index is 12.9. The SMILES string of the molecule is CCOc1ccccc1NC(=O)N(C)CC(=O)Nc1cc(C(C)(C)C)nn1-c1ccccc1C. The lowest BCUT2D eigenvalue weighted by Gasteiger charge is -2.19. The monoisotopic (exact) mass is 463 g/mol. The van der Waals surface area contributed by atoms with Crippen LogP contribution in [0, 0.1) is 6.92 Å². The molecular weight excluding hydrogens is 430 g/mol. The molecule has 3 aromatic rings. The van der Waals surface area contributed by atoms with Crippen LogP contribution in [-0.4, -0.2) is 46.8 Å². The molecule has 1 heterocycles. The molecule has 2 N–H and O–H groups in total. The lowest BCUT2D eigenvalue weighted by Crippen LogP contribution is -2.38. The molecule has 0 spiro atoms. The van der Waals surface area contributed by atoms with Crippen molar-refractivity contribution in [2.75, 3.05) is 30.8 Å². The lowest BCUT2D eigenvalue weighted by atomic mass is 9.92. The Hall–Kier alpha value is -3.81. The van der Waals surface area contributed by atoms with Crippen LogP contribution in [-0.2, 0) is 10.2 Å². The molecule has 8 nitrogen and oxygen atoms in total. The number of hydrogen-bond acceptors (Lipinski definition) is 4. The van der Waals surface area contributed by atoms with Gasteiger partial charge in [0.15, 0.2) is 0 Å². The van der Waals surface area contributed by atoms with Gasteiger partial charge in [0, 0.05) is 18.5 Å². The predicted octanol–water partition coefficient (Wildman–Crippen LogP) is 4.98. The van der Waals surface area contributed by atoms with Gasteiger partial charge in [0.25, 0.3) is 0 Å². The van der Waals surface area contributed by atoms with Crippen molar-refractivity contribution in [3.63, 3.8) is 0 Å². The normalized spacial score (nSPS) is 11.1. The van der Waals surface area contributed by atoms with Crippen molar-refractivity contribution >= 4 is 23.4 Å². The molecule has 34 heavy (non-hydrogen) atoms. The maximum Gasteiger partial charge on any atom is 0.322 e. The summed E-state index contributed by atoms with van der Waals surface area (Å²) in [6.07, 6.45) is 0. The zero-order valence-corrected chi connectivity index (χ0v) is 20.7. The van der Waals surface area contributed by atoms with Gasteiger partial charge in [-0.15, -0.1) is 0 Å². The molecule has 180 valence electrons. The minimum Gasteiger partial charge on any atom is -0.492 e. The van der Waals surface area contributed by atoms with E-state index in [4.69, 9.17) is 9.84 Å². The fourth-order valence-corrected chi connectivity index (χ4v) is 3.35. The van der Waals surface area contributed by atoms with Gasteiger partial charge in [-0.3, -0.25) is 4.79 Å². The van der Waals surface area contributed by atoms with E-state index in [1.54, 1.807) is 23.9 Å². The van der Waals surface area contributed by atoms with Crippen LogP contribution < -0.4 is 15.4 Å². The van der Waals surface area contributed by atoms with E-state index in [-0.39, 0.29) is 17.9 Å². The van der Waals surface area contributed by atoms with E-state index in [0.29, 0.717) is 23.9 Å². The highest BCUT2D eigenvalue weighted by atomic mass is 16.5. The number of ether oxygens (including phenoxy) is 1. The number of rotatable bonds is 7. The Morgan fingerprint density at radius 3 is 2.41 bits per heavy atom. The van der Waals surface area contributed by atoms with Crippen molar-refractivity contribution in [1.29, 1.82) is 0 Å². The Balaban J connectivity index is 1.75. The number of para-hydroxylation sites is 3. The van der Waals surface area contributed by atoms with E-state index in [1.165, 1.54) is 4.90 Å². The van der Waals surface area contributed by atoms with Gasteiger partial charge in [-0.2, -0.15) is 5.10 Å². The van der Waals surface area contributed by atoms with Crippen LogP contribution in [0.1, 0.15) is 39.0 Å². The maximum absolute atomic E-state index is 12.9. The minimum atomic E-state index is -0.412. The number of carbonyl (C=O) groups is 2. The van der Waals surface area contributed by atoms with E-state index < -0.39 is 6.03 Å². The number of nitrogens with zero attached hydrogens (tertiary/aromatic N) is 3. The number of hydrogen-bond donors (Lipinski definition) is 2. The fourth-order valence-electron chi connectivity index (χ4n) is 3.35. The molecule has 0 aliphatic heterocycles. The molecule has 0 unspecified atom stereocenters. The summed E-state index contributed by atoms with van der Waals surface area (Å²) in [5.41, 5.74) is 3.12. The second-order valence-corrected chi connectivity index (χ2v) is 9.13. The third-order valence-corrected chi connectivity index (χ3v) is 5.24. The number of urea groups is 1. The lowest BCUT2D eigenvalue weighted by molar-refractivity contribution is -0.116. The van der Waals surface area contributed by atoms with E-state index in [1.807, 2.05) is 56.3 Å². The number of benzene rings is 2. The number of likely N-dealkylation sites (N-methyl/N-ethyl adjacent to an activating group) is 1. The molecular formula is C26H33N5O3. The van der Waals surface area contributed by atoms with Gasteiger partial charge in [0.1, 0.15) is 18.1 Å². The number of nitrogens with one attached hydrogen (secondary N) is 2. The molecule has 0 atom stereocenters. The third-order valence-electron chi connectivity index (χ3n) is 5.24. The van der Waals surface area contributed by atoms with Crippen molar-refractivity contribution in [2.45, 2.75) is 40.0 Å². The number of carbonyl (C=O) groups excluding carboxylic acids is 2. The molecule has 3 amide bonds. The van der Waals surface area contributed by atoms with Crippen molar-refractivity contribution in [3.8, 4) is 11.4 Å². The average molecular weight is 464 g/mol. The van der Waals surface area contributed by atoms with Crippen molar-refractivity contribution in [2.24, 2.45) is 0 Å². The van der Waals surface area contributed by atoms with Crippen LogP contribution in [0.3, 0.4) is 0 Å². The molecule has 0 fully saturated rings. The minimum absolute atomic E-state index is 0.133. The molecule has 3 rings (SSSR count). The molecule has 0 saturated heterocycles. The molecule has 0 aliphatic rings. The molecule has 0 saturated carbocycles. The number of anilines is 2. The topological polar surface area (TPSA) is 88.5 Å². The Labute approximate surface area is 200 Å². The smallest absolute Gasteiger partial charge is 0.322 e. The van der Waals surface area contributed by atoms with Gasteiger partial charge in [0.2, 0.25) is 5.91 Å². The summed E-state index contributed by atoms with van der Waals surface area (Å²) >= 11 is 0. The largest absolute Gasteiger partial charge is 0.492 e. The Bertz CT molecular complexity index is 1160. The molecule has 0 bridgehead atoms. The summed E-state index contributed by atoms with van der Waals surface area (Å²) in [4.78, 5) is 26.9. The quantitative estimate of drug-likeness (QED) is 0.517. The zero-order valence-electron chi connectivity index (χ0n) is 20.7. The Morgan fingerprint density at radius 1 is 1.06 bits per heavy atom. The van der Waals surface area contributed by atoms with Crippen LogP contribution in [0.5, 0.6) is 5.75 Å². The standard InChI is InChI=1S/C26H33N5O3/c1-7-34-21-15-11-9-13-19(21)27-25(33)30(6)17-24(32)28-23-16-22(26(3,4)5)29-31(23)20-14-10-8-12-18(20)2/h8-16H,7,17H2,1-6H3,(H,27,33)(H,28,32). The first-order chi connectivity index (χ1) is 16.1. The fraction of sp³-hybridized carbons (Fsp3) is 0.346. The third kappa shape index (κ3) is 5.95. The zero-order chi connectivity index (χ0) is 24.9. The molecule has 0 aliphatic carbocycles. The van der Waals surface area contributed by atoms with Gasteiger partial charge >= 0.3 is 6.03 Å². The molecule has 2 aromatic carbocycles. The summed E-state index contributed by atoms with van der Waals surface area (Å²) < 4.78 is 7.29. The van der Waals surface area contributed by atoms with Gasteiger partial charge in [-0.05, 0) is 37.6 Å². The summed E-state index contributed by atoms with van der Waals surface area (Å²) in [6, 6.07) is 16.5. The second-order valence-electron chi connectivity index (χ2n) is 9.13. The highest BCUT2D eigenvalue weighted by Crippen LogP contribution is 2.27. The predicted molar refractivity (Wildman–Crippen MR) is 135 cm³/mol. The van der Waals surface area contributed by atoms with Crippen LogP contribution in [0.25, 0.3) is 5.69 Å². The van der Waals surface area contributed by atoms with E-state index in [9.17, 15) is 9.59 Å².